The Morgan fingerprint density at radius 3 is 2.70 bits per heavy atom. The number of hydrogen-bond acceptors (Lipinski definition) is 7. The summed E-state index contributed by atoms with van der Waals surface area (Å²) in [4.78, 5) is 39.6. The zero-order chi connectivity index (χ0) is 24.3. The third kappa shape index (κ3) is 5.25. The van der Waals surface area contributed by atoms with Crippen LogP contribution in [-0.2, 0) is 4.79 Å². The zero-order valence-electron chi connectivity index (χ0n) is 18.1. The van der Waals surface area contributed by atoms with Crippen LogP contribution in [0.4, 0.5) is 5.69 Å². The molecule has 0 saturated heterocycles. The first-order chi connectivity index (χ1) is 15.6. The third-order valence-electron chi connectivity index (χ3n) is 5.04. The Bertz CT molecular complexity index is 1320. The minimum Gasteiger partial charge on any atom is -0.479 e. The number of nitro benzene ring substituents is 1. The number of ether oxygens (including phenoxy) is 1. The van der Waals surface area contributed by atoms with Gasteiger partial charge in [-0.25, -0.2) is 9.78 Å². The lowest BCUT2D eigenvalue weighted by molar-refractivity contribution is -0.386. The summed E-state index contributed by atoms with van der Waals surface area (Å²) in [6.45, 7) is 5.17. The highest BCUT2D eigenvalue weighted by molar-refractivity contribution is 9.10. The third-order valence-corrected chi connectivity index (χ3v) is 5.53. The predicted molar refractivity (Wildman–Crippen MR) is 126 cm³/mol. The Morgan fingerprint density at radius 1 is 1.33 bits per heavy atom. The Balaban J connectivity index is 2.08. The lowest BCUT2D eigenvalue weighted by Gasteiger charge is -2.14. The van der Waals surface area contributed by atoms with E-state index in [4.69, 9.17) is 9.84 Å². The maximum Gasteiger partial charge on any atom is 0.344 e. The van der Waals surface area contributed by atoms with Crippen molar-refractivity contribution in [3.05, 3.63) is 72.7 Å². The van der Waals surface area contributed by atoms with Gasteiger partial charge in [0.25, 0.3) is 5.56 Å². The van der Waals surface area contributed by atoms with Gasteiger partial charge in [-0.05, 0) is 43.7 Å². The highest BCUT2D eigenvalue weighted by Gasteiger charge is 2.21. The van der Waals surface area contributed by atoms with Crippen LogP contribution in [0.2, 0.25) is 0 Å². The van der Waals surface area contributed by atoms with Gasteiger partial charge in [-0.2, -0.15) is 9.78 Å². The van der Waals surface area contributed by atoms with E-state index in [9.17, 15) is 19.7 Å². The lowest BCUT2D eigenvalue weighted by atomic mass is 10.1. The molecule has 0 bridgehead atoms. The number of nitro groups is 1. The maximum absolute atomic E-state index is 13.2. The fraction of sp³-hybridized carbons (Fsp3) is 0.273. The molecule has 172 valence electrons. The molecule has 33 heavy (non-hydrogen) atoms. The average Bonchev–Trinajstić information content (AvgIpc) is 2.78. The molecule has 1 aromatic heterocycles. The molecule has 3 rings (SSSR count). The van der Waals surface area contributed by atoms with Gasteiger partial charge in [0.1, 0.15) is 5.82 Å². The second-order valence-corrected chi connectivity index (χ2v) is 8.30. The lowest BCUT2D eigenvalue weighted by Crippen LogP contribution is -2.24. The van der Waals surface area contributed by atoms with Gasteiger partial charge in [-0.3, -0.25) is 14.9 Å². The van der Waals surface area contributed by atoms with Crippen molar-refractivity contribution in [2.24, 2.45) is 5.10 Å². The summed E-state index contributed by atoms with van der Waals surface area (Å²) in [7, 11) is 0. The highest BCUT2D eigenvalue weighted by atomic mass is 79.9. The summed E-state index contributed by atoms with van der Waals surface area (Å²) in [5.74, 6) is -1.02. The first kappa shape index (κ1) is 24.1. The number of benzene rings is 2. The van der Waals surface area contributed by atoms with Crippen LogP contribution in [0, 0.1) is 10.1 Å². The summed E-state index contributed by atoms with van der Waals surface area (Å²) in [5.41, 5.74) is 0.0997. The summed E-state index contributed by atoms with van der Waals surface area (Å²) >= 11 is 3.36. The van der Waals surface area contributed by atoms with Crippen LogP contribution in [-0.4, -0.2) is 38.0 Å². The Hall–Kier alpha value is -3.60. The van der Waals surface area contributed by atoms with Crippen molar-refractivity contribution in [3.63, 3.8) is 0 Å². The Morgan fingerprint density at radius 2 is 2.06 bits per heavy atom. The van der Waals surface area contributed by atoms with E-state index in [1.165, 1.54) is 36.0 Å². The van der Waals surface area contributed by atoms with Crippen molar-refractivity contribution in [2.45, 2.75) is 39.2 Å². The van der Waals surface area contributed by atoms with Crippen LogP contribution in [0.1, 0.15) is 44.5 Å². The molecule has 10 nitrogen and oxygen atoms in total. The van der Waals surface area contributed by atoms with E-state index in [0.29, 0.717) is 22.3 Å². The fourth-order valence-electron chi connectivity index (χ4n) is 3.00. The highest BCUT2D eigenvalue weighted by Crippen LogP contribution is 2.28. The number of aliphatic carboxylic acids is 1. The van der Waals surface area contributed by atoms with E-state index in [1.807, 2.05) is 13.8 Å². The van der Waals surface area contributed by atoms with Gasteiger partial charge in [-0.15, -0.1) is 0 Å². The first-order valence-electron chi connectivity index (χ1n) is 10.1. The fourth-order valence-corrected chi connectivity index (χ4v) is 3.36. The standard InChI is InChI=1S/C22H21BrN4O6/c1-4-12(2)20-25-17-7-6-15(23)10-16(17)21(28)26(20)24-11-14-5-8-19(18(9-14)27(31)32)33-13(3)22(29)30/h5-13H,4H2,1-3H3,(H,29,30)/t12-,13+/m1/s1. The van der Waals surface area contributed by atoms with Gasteiger partial charge >= 0.3 is 11.7 Å². The smallest absolute Gasteiger partial charge is 0.344 e. The van der Waals surface area contributed by atoms with Crippen molar-refractivity contribution >= 4 is 44.7 Å². The minimum absolute atomic E-state index is 0.0643. The molecule has 0 unspecified atom stereocenters. The molecule has 0 aliphatic rings. The number of rotatable bonds is 8. The van der Waals surface area contributed by atoms with Crippen molar-refractivity contribution in [2.75, 3.05) is 0 Å². The number of hydrogen-bond donors (Lipinski definition) is 1. The second kappa shape index (κ2) is 9.90. The monoisotopic (exact) mass is 516 g/mol. The number of halogens is 1. The van der Waals surface area contributed by atoms with Crippen molar-refractivity contribution in [3.8, 4) is 5.75 Å². The molecule has 2 atom stereocenters. The second-order valence-electron chi connectivity index (χ2n) is 7.38. The molecule has 0 aliphatic carbocycles. The molecule has 0 spiro atoms. The summed E-state index contributed by atoms with van der Waals surface area (Å²) in [6.07, 6.45) is 0.780. The molecule has 11 heteroatoms. The number of fused-ring (bicyclic) bond motifs is 1. The van der Waals surface area contributed by atoms with Crippen molar-refractivity contribution in [1.82, 2.24) is 9.66 Å². The molecule has 0 amide bonds. The number of carboxylic acid groups (broad SMARTS) is 1. The zero-order valence-corrected chi connectivity index (χ0v) is 19.6. The van der Waals surface area contributed by atoms with Gasteiger partial charge in [-0.1, -0.05) is 29.8 Å². The van der Waals surface area contributed by atoms with E-state index in [-0.39, 0.29) is 17.2 Å². The molecule has 1 N–H and O–H groups in total. The SMILES string of the molecule is CC[C@@H](C)c1nc2ccc(Br)cc2c(=O)n1N=Cc1ccc(O[C@@H](C)C(=O)O)c([N+](=O)[O-])c1. The number of carbonyl (C=O) groups is 1. The molecule has 0 fully saturated rings. The van der Waals surface area contributed by atoms with Gasteiger partial charge in [0.15, 0.2) is 11.9 Å². The van der Waals surface area contributed by atoms with Crippen molar-refractivity contribution in [1.29, 1.82) is 0 Å². The van der Waals surface area contributed by atoms with E-state index >= 15 is 0 Å². The quantitative estimate of drug-likeness (QED) is 0.267. The van der Waals surface area contributed by atoms with Crippen LogP contribution in [0.5, 0.6) is 5.75 Å². The number of nitrogens with zero attached hydrogens (tertiary/aromatic N) is 4. The summed E-state index contributed by atoms with van der Waals surface area (Å²) in [6, 6.07) is 9.20. The van der Waals surface area contributed by atoms with Gasteiger partial charge in [0, 0.05) is 22.0 Å². The van der Waals surface area contributed by atoms with E-state index in [2.05, 4.69) is 26.0 Å². The maximum atomic E-state index is 13.2. The molecule has 3 aromatic rings. The van der Waals surface area contributed by atoms with E-state index < -0.39 is 22.7 Å². The molecule has 2 aromatic carbocycles. The molecule has 1 heterocycles. The minimum atomic E-state index is -1.26. The number of carboxylic acids is 1. The van der Waals surface area contributed by atoms with Crippen LogP contribution in [0.25, 0.3) is 10.9 Å². The summed E-state index contributed by atoms with van der Waals surface area (Å²) < 4.78 is 7.10. The first-order valence-corrected chi connectivity index (χ1v) is 10.9. The summed E-state index contributed by atoms with van der Waals surface area (Å²) in [5, 5.41) is 25.1. The van der Waals surface area contributed by atoms with Gasteiger partial charge in [0.05, 0.1) is 22.0 Å². The Kier molecular flexibility index (Phi) is 7.22. The van der Waals surface area contributed by atoms with E-state index in [1.54, 1.807) is 18.2 Å². The molecule has 0 aliphatic heterocycles. The molecule has 0 radical (unpaired) electrons. The normalized spacial score (nSPS) is 13.2. The average molecular weight is 517 g/mol. The largest absolute Gasteiger partial charge is 0.479 e. The van der Waals surface area contributed by atoms with Crippen LogP contribution >= 0.6 is 15.9 Å². The predicted octanol–water partition coefficient (Wildman–Crippen LogP) is 4.31. The van der Waals surface area contributed by atoms with Crippen LogP contribution < -0.4 is 10.3 Å². The topological polar surface area (TPSA) is 137 Å². The molecular weight excluding hydrogens is 496 g/mol. The Labute approximate surface area is 196 Å². The molecular formula is C22H21BrN4O6. The van der Waals surface area contributed by atoms with E-state index in [0.717, 1.165) is 10.9 Å². The van der Waals surface area contributed by atoms with Gasteiger partial charge in [0.2, 0.25) is 0 Å². The molecule has 0 saturated carbocycles. The van der Waals surface area contributed by atoms with Crippen LogP contribution in [0.15, 0.2) is 50.8 Å². The van der Waals surface area contributed by atoms with Crippen LogP contribution in [0.3, 0.4) is 0 Å². The van der Waals surface area contributed by atoms with Crippen molar-refractivity contribution < 1.29 is 19.6 Å². The number of aromatic nitrogens is 2. The van der Waals surface area contributed by atoms with Gasteiger partial charge < -0.3 is 9.84 Å².